The van der Waals surface area contributed by atoms with Gasteiger partial charge in [0.1, 0.15) is 0 Å². The number of hydrogen-bond acceptors (Lipinski definition) is 1. The predicted octanol–water partition coefficient (Wildman–Crippen LogP) is 3.35. The lowest BCUT2D eigenvalue weighted by molar-refractivity contribution is 0.563. The molecule has 0 aromatic rings. The Morgan fingerprint density at radius 1 is 0.933 bits per heavy atom. The van der Waals surface area contributed by atoms with E-state index in [9.17, 15) is 0 Å². The molecule has 0 heterocycles. The van der Waals surface area contributed by atoms with Crippen LogP contribution in [0, 0.1) is 0 Å². The number of nitrogens with one attached hydrogen (secondary N) is 1. The average molecular weight is 230 g/mol. The SMILES string of the molecule is CCCCCCCCCCCNC(N)=S. The third kappa shape index (κ3) is 13.7. The summed E-state index contributed by atoms with van der Waals surface area (Å²) in [5.74, 6) is 0. The van der Waals surface area contributed by atoms with Crippen molar-refractivity contribution in [1.82, 2.24) is 5.32 Å². The molecule has 0 unspecified atom stereocenters. The third-order valence-corrected chi connectivity index (χ3v) is 2.72. The molecule has 0 rings (SSSR count). The number of rotatable bonds is 10. The van der Waals surface area contributed by atoms with Crippen LogP contribution in [-0.4, -0.2) is 11.7 Å². The zero-order valence-electron chi connectivity index (χ0n) is 10.1. The Morgan fingerprint density at radius 2 is 1.40 bits per heavy atom. The Bertz CT molecular complexity index is 149. The summed E-state index contributed by atoms with van der Waals surface area (Å²) in [6.07, 6.45) is 12.2. The molecule has 90 valence electrons. The summed E-state index contributed by atoms with van der Waals surface area (Å²) < 4.78 is 0. The van der Waals surface area contributed by atoms with Gasteiger partial charge in [-0.05, 0) is 18.6 Å². The second-order valence-electron chi connectivity index (χ2n) is 4.12. The highest BCUT2D eigenvalue weighted by Gasteiger charge is 1.92. The van der Waals surface area contributed by atoms with Gasteiger partial charge in [-0.3, -0.25) is 0 Å². The van der Waals surface area contributed by atoms with Crippen molar-refractivity contribution >= 4 is 17.3 Å². The van der Waals surface area contributed by atoms with Gasteiger partial charge in [-0.2, -0.15) is 0 Å². The molecular formula is C12H26N2S. The van der Waals surface area contributed by atoms with Gasteiger partial charge in [0.05, 0.1) is 0 Å². The van der Waals surface area contributed by atoms with E-state index in [2.05, 4.69) is 12.2 Å². The van der Waals surface area contributed by atoms with Gasteiger partial charge in [0.2, 0.25) is 0 Å². The molecule has 0 aliphatic carbocycles. The molecule has 0 fully saturated rings. The molecule has 0 saturated heterocycles. The predicted molar refractivity (Wildman–Crippen MR) is 72.0 cm³/mol. The third-order valence-electron chi connectivity index (χ3n) is 2.58. The van der Waals surface area contributed by atoms with E-state index in [0.29, 0.717) is 5.11 Å². The van der Waals surface area contributed by atoms with E-state index in [1.807, 2.05) is 0 Å². The molecule has 0 aromatic heterocycles. The Morgan fingerprint density at radius 3 is 1.87 bits per heavy atom. The maximum atomic E-state index is 5.32. The summed E-state index contributed by atoms with van der Waals surface area (Å²) >= 11 is 4.72. The van der Waals surface area contributed by atoms with Crippen LogP contribution in [0.25, 0.3) is 0 Å². The van der Waals surface area contributed by atoms with Gasteiger partial charge in [0.25, 0.3) is 0 Å². The lowest BCUT2D eigenvalue weighted by Gasteiger charge is -2.03. The average Bonchev–Trinajstić information content (AvgIpc) is 2.20. The number of unbranched alkanes of at least 4 members (excludes halogenated alkanes) is 8. The first-order chi connectivity index (χ1) is 7.27. The fourth-order valence-electron chi connectivity index (χ4n) is 1.65. The zero-order chi connectivity index (χ0) is 11.4. The van der Waals surface area contributed by atoms with Crippen molar-refractivity contribution in [2.24, 2.45) is 5.73 Å². The second kappa shape index (κ2) is 11.8. The highest BCUT2D eigenvalue weighted by atomic mass is 32.1. The first-order valence-electron chi connectivity index (χ1n) is 6.30. The molecule has 15 heavy (non-hydrogen) atoms. The maximum absolute atomic E-state index is 5.32. The molecule has 0 spiro atoms. The minimum atomic E-state index is 0.426. The summed E-state index contributed by atoms with van der Waals surface area (Å²) in [5.41, 5.74) is 5.32. The van der Waals surface area contributed by atoms with Crippen molar-refractivity contribution < 1.29 is 0 Å². The lowest BCUT2D eigenvalue weighted by atomic mass is 10.1. The van der Waals surface area contributed by atoms with Gasteiger partial charge >= 0.3 is 0 Å². The molecule has 0 saturated carbocycles. The van der Waals surface area contributed by atoms with E-state index in [1.54, 1.807) is 0 Å². The van der Waals surface area contributed by atoms with Gasteiger partial charge in [-0.1, -0.05) is 58.3 Å². The van der Waals surface area contributed by atoms with Crippen molar-refractivity contribution in [3.63, 3.8) is 0 Å². The molecule has 2 nitrogen and oxygen atoms in total. The normalized spacial score (nSPS) is 10.2. The molecule has 0 aliphatic rings. The van der Waals surface area contributed by atoms with Gasteiger partial charge in [0, 0.05) is 6.54 Å². The fraction of sp³-hybridized carbons (Fsp3) is 0.917. The Kier molecular flexibility index (Phi) is 11.5. The van der Waals surface area contributed by atoms with Crippen molar-refractivity contribution in [3.8, 4) is 0 Å². The quantitative estimate of drug-likeness (QED) is 0.446. The standard InChI is InChI=1S/C12H26N2S/c1-2-3-4-5-6-7-8-9-10-11-14-12(13)15/h2-11H2,1H3,(H3,13,14,15). The van der Waals surface area contributed by atoms with Crippen LogP contribution in [0.4, 0.5) is 0 Å². The van der Waals surface area contributed by atoms with Crippen LogP contribution >= 0.6 is 12.2 Å². The van der Waals surface area contributed by atoms with E-state index in [4.69, 9.17) is 18.0 Å². The van der Waals surface area contributed by atoms with Crippen LogP contribution in [0.15, 0.2) is 0 Å². The van der Waals surface area contributed by atoms with E-state index in [-0.39, 0.29) is 0 Å². The van der Waals surface area contributed by atoms with Gasteiger partial charge in [-0.15, -0.1) is 0 Å². The number of nitrogens with two attached hydrogens (primary N) is 1. The number of thiocarbonyl (C=S) groups is 1. The van der Waals surface area contributed by atoms with E-state index in [1.165, 1.54) is 57.8 Å². The van der Waals surface area contributed by atoms with Crippen LogP contribution in [0.2, 0.25) is 0 Å². The summed E-state index contributed by atoms with van der Waals surface area (Å²) in [7, 11) is 0. The van der Waals surface area contributed by atoms with E-state index in [0.717, 1.165) is 6.54 Å². The van der Waals surface area contributed by atoms with Crippen LogP contribution in [-0.2, 0) is 0 Å². The molecule has 0 aromatic carbocycles. The van der Waals surface area contributed by atoms with Crippen LogP contribution in [0.3, 0.4) is 0 Å². The Labute approximate surface area is 100 Å². The van der Waals surface area contributed by atoms with Crippen molar-refractivity contribution in [2.45, 2.75) is 64.7 Å². The summed E-state index contributed by atoms with van der Waals surface area (Å²) in [4.78, 5) is 0. The minimum Gasteiger partial charge on any atom is -0.376 e. The van der Waals surface area contributed by atoms with Crippen molar-refractivity contribution in [3.05, 3.63) is 0 Å². The second-order valence-corrected chi connectivity index (χ2v) is 4.56. The van der Waals surface area contributed by atoms with Crippen molar-refractivity contribution in [1.29, 1.82) is 0 Å². The molecule has 0 amide bonds. The Hall–Kier alpha value is -0.310. The number of hydrogen-bond donors (Lipinski definition) is 2. The minimum absolute atomic E-state index is 0.426. The van der Waals surface area contributed by atoms with E-state index < -0.39 is 0 Å². The largest absolute Gasteiger partial charge is 0.376 e. The van der Waals surface area contributed by atoms with Crippen LogP contribution < -0.4 is 11.1 Å². The highest BCUT2D eigenvalue weighted by molar-refractivity contribution is 7.80. The van der Waals surface area contributed by atoms with Gasteiger partial charge in [0.15, 0.2) is 5.11 Å². The van der Waals surface area contributed by atoms with Crippen LogP contribution in [0.1, 0.15) is 64.7 Å². The smallest absolute Gasteiger partial charge is 0.163 e. The van der Waals surface area contributed by atoms with Gasteiger partial charge in [-0.25, -0.2) is 0 Å². The lowest BCUT2D eigenvalue weighted by Crippen LogP contribution is -2.29. The van der Waals surface area contributed by atoms with Crippen LogP contribution in [0.5, 0.6) is 0 Å². The topological polar surface area (TPSA) is 38.0 Å². The molecule has 0 aliphatic heterocycles. The van der Waals surface area contributed by atoms with Crippen molar-refractivity contribution in [2.75, 3.05) is 6.54 Å². The summed E-state index contributed by atoms with van der Waals surface area (Å²) in [5, 5.41) is 3.40. The van der Waals surface area contributed by atoms with Gasteiger partial charge < -0.3 is 11.1 Å². The first kappa shape index (κ1) is 14.7. The highest BCUT2D eigenvalue weighted by Crippen LogP contribution is 2.08. The van der Waals surface area contributed by atoms with E-state index >= 15 is 0 Å². The fourth-order valence-corrected chi connectivity index (χ4v) is 1.75. The summed E-state index contributed by atoms with van der Waals surface area (Å²) in [6, 6.07) is 0. The summed E-state index contributed by atoms with van der Waals surface area (Å²) in [6.45, 7) is 3.19. The molecule has 3 heteroatoms. The molecule has 0 atom stereocenters. The maximum Gasteiger partial charge on any atom is 0.163 e. The first-order valence-corrected chi connectivity index (χ1v) is 6.71. The monoisotopic (exact) mass is 230 g/mol. The molecule has 3 N–H and O–H groups in total. The molecule has 0 radical (unpaired) electrons. The molecule has 0 bridgehead atoms. The molecular weight excluding hydrogens is 204 g/mol. The Balaban J connectivity index is 2.89. The zero-order valence-corrected chi connectivity index (χ0v) is 10.9.